The van der Waals surface area contributed by atoms with Crippen molar-refractivity contribution in [1.82, 2.24) is 5.32 Å². The van der Waals surface area contributed by atoms with Gasteiger partial charge < -0.3 is 14.8 Å². The Labute approximate surface area is 106 Å². The molecule has 0 aromatic carbocycles. The van der Waals surface area contributed by atoms with Crippen LogP contribution in [0.1, 0.15) is 39.5 Å². The van der Waals surface area contributed by atoms with Gasteiger partial charge in [0.25, 0.3) is 0 Å². The Hall–Kier alpha value is -0.120. The first-order chi connectivity index (χ1) is 8.17. The van der Waals surface area contributed by atoms with E-state index in [1.165, 1.54) is 25.7 Å². The van der Waals surface area contributed by atoms with Crippen molar-refractivity contribution in [2.45, 2.75) is 51.7 Å². The highest BCUT2D eigenvalue weighted by Crippen LogP contribution is 2.29. The lowest BCUT2D eigenvalue weighted by molar-refractivity contribution is 0.0257. The number of nitrogens with one attached hydrogen (secondary N) is 1. The summed E-state index contributed by atoms with van der Waals surface area (Å²) in [5, 5.41) is 3.64. The lowest BCUT2D eigenvalue weighted by Gasteiger charge is -2.33. The Kier molecular flexibility index (Phi) is 7.09. The fourth-order valence-electron chi connectivity index (χ4n) is 2.71. The molecule has 0 spiro atoms. The van der Waals surface area contributed by atoms with Crippen LogP contribution in [0.3, 0.4) is 0 Å². The van der Waals surface area contributed by atoms with Gasteiger partial charge in [0.05, 0.1) is 12.7 Å². The number of rotatable bonds is 7. The van der Waals surface area contributed by atoms with E-state index in [0.29, 0.717) is 12.6 Å². The highest BCUT2D eigenvalue weighted by Gasteiger charge is 2.24. The van der Waals surface area contributed by atoms with E-state index >= 15 is 0 Å². The number of hydrogen-bond donors (Lipinski definition) is 1. The van der Waals surface area contributed by atoms with E-state index in [9.17, 15) is 0 Å². The summed E-state index contributed by atoms with van der Waals surface area (Å²) in [4.78, 5) is 0. The number of ether oxygens (including phenoxy) is 2. The fraction of sp³-hybridized carbons (Fsp3) is 1.00. The minimum atomic E-state index is 0.180. The quantitative estimate of drug-likeness (QED) is 0.745. The van der Waals surface area contributed by atoms with Crippen molar-refractivity contribution < 1.29 is 9.47 Å². The summed E-state index contributed by atoms with van der Waals surface area (Å²) in [7, 11) is 3.48. The van der Waals surface area contributed by atoms with Crippen LogP contribution < -0.4 is 5.32 Å². The van der Waals surface area contributed by atoms with E-state index in [2.05, 4.69) is 19.2 Å². The maximum atomic E-state index is 5.37. The first-order valence-electron chi connectivity index (χ1n) is 6.92. The lowest BCUT2D eigenvalue weighted by atomic mass is 9.79. The second kappa shape index (κ2) is 8.06. The summed E-state index contributed by atoms with van der Waals surface area (Å²) in [6, 6.07) is 0.672. The van der Waals surface area contributed by atoms with Gasteiger partial charge in [0.1, 0.15) is 0 Å². The van der Waals surface area contributed by atoms with Gasteiger partial charge in [-0.05, 0) is 24.7 Å². The van der Waals surface area contributed by atoms with Crippen LogP contribution in [0, 0.1) is 11.8 Å². The van der Waals surface area contributed by atoms with Gasteiger partial charge in [-0.1, -0.05) is 26.7 Å². The van der Waals surface area contributed by atoms with Crippen molar-refractivity contribution in [2.24, 2.45) is 11.8 Å². The first kappa shape index (κ1) is 14.9. The van der Waals surface area contributed by atoms with Gasteiger partial charge in [-0.3, -0.25) is 0 Å². The van der Waals surface area contributed by atoms with Crippen LogP contribution in [0.5, 0.6) is 0 Å². The van der Waals surface area contributed by atoms with Gasteiger partial charge in [-0.2, -0.15) is 0 Å². The standard InChI is InChI=1S/C14H29NO2/c1-11(2)12-6-5-7-13(8-12)15-9-14(17-4)10-16-3/h11-15H,5-10H2,1-4H3. The molecule has 1 aliphatic carbocycles. The van der Waals surface area contributed by atoms with Gasteiger partial charge in [0.2, 0.25) is 0 Å². The average Bonchev–Trinajstić information content (AvgIpc) is 2.34. The SMILES string of the molecule is COCC(CNC1CCCC(C(C)C)C1)OC. The zero-order chi connectivity index (χ0) is 12.7. The summed E-state index contributed by atoms with van der Waals surface area (Å²) in [6.07, 6.45) is 5.58. The minimum absolute atomic E-state index is 0.180. The van der Waals surface area contributed by atoms with Gasteiger partial charge in [0, 0.05) is 26.8 Å². The van der Waals surface area contributed by atoms with Crippen LogP contribution in [0.15, 0.2) is 0 Å². The van der Waals surface area contributed by atoms with Crippen molar-refractivity contribution in [3.63, 3.8) is 0 Å². The molecule has 3 atom stereocenters. The van der Waals surface area contributed by atoms with E-state index in [1.54, 1.807) is 14.2 Å². The molecule has 0 aromatic rings. The minimum Gasteiger partial charge on any atom is -0.382 e. The number of methoxy groups -OCH3 is 2. The van der Waals surface area contributed by atoms with Gasteiger partial charge >= 0.3 is 0 Å². The van der Waals surface area contributed by atoms with Crippen LogP contribution in [0.2, 0.25) is 0 Å². The summed E-state index contributed by atoms with van der Waals surface area (Å²) >= 11 is 0. The maximum Gasteiger partial charge on any atom is 0.0928 e. The molecule has 0 radical (unpaired) electrons. The van der Waals surface area contributed by atoms with E-state index in [1.807, 2.05) is 0 Å². The maximum absolute atomic E-state index is 5.37. The van der Waals surface area contributed by atoms with Crippen LogP contribution in [0.4, 0.5) is 0 Å². The molecule has 3 nitrogen and oxygen atoms in total. The zero-order valence-electron chi connectivity index (χ0n) is 11.9. The Morgan fingerprint density at radius 1 is 1.24 bits per heavy atom. The second-order valence-electron chi connectivity index (χ2n) is 5.59. The molecule has 3 unspecified atom stereocenters. The predicted molar refractivity (Wildman–Crippen MR) is 71.3 cm³/mol. The van der Waals surface area contributed by atoms with Crippen molar-refractivity contribution in [3.8, 4) is 0 Å². The van der Waals surface area contributed by atoms with E-state index < -0.39 is 0 Å². The first-order valence-corrected chi connectivity index (χ1v) is 6.92. The molecule has 0 saturated heterocycles. The Bertz CT molecular complexity index is 197. The van der Waals surface area contributed by atoms with Crippen LogP contribution >= 0.6 is 0 Å². The molecule has 0 aromatic heterocycles. The molecule has 0 amide bonds. The molecule has 17 heavy (non-hydrogen) atoms. The highest BCUT2D eigenvalue weighted by atomic mass is 16.5. The molecular formula is C14H29NO2. The van der Waals surface area contributed by atoms with Gasteiger partial charge in [0.15, 0.2) is 0 Å². The third-order valence-corrected chi connectivity index (χ3v) is 3.98. The van der Waals surface area contributed by atoms with Gasteiger partial charge in [-0.15, -0.1) is 0 Å². The molecule has 3 heteroatoms. The predicted octanol–water partition coefficient (Wildman–Crippen LogP) is 2.45. The van der Waals surface area contributed by atoms with E-state index in [4.69, 9.17) is 9.47 Å². The Morgan fingerprint density at radius 3 is 2.59 bits per heavy atom. The molecular weight excluding hydrogens is 214 g/mol. The lowest BCUT2D eigenvalue weighted by Crippen LogP contribution is -2.41. The largest absolute Gasteiger partial charge is 0.382 e. The molecule has 0 bridgehead atoms. The molecule has 0 heterocycles. The Morgan fingerprint density at radius 2 is 2.00 bits per heavy atom. The molecule has 102 valence electrons. The topological polar surface area (TPSA) is 30.5 Å². The summed E-state index contributed by atoms with van der Waals surface area (Å²) in [5.41, 5.74) is 0. The Balaban J connectivity index is 2.26. The van der Waals surface area contributed by atoms with Crippen LogP contribution in [0.25, 0.3) is 0 Å². The van der Waals surface area contributed by atoms with Crippen molar-refractivity contribution in [2.75, 3.05) is 27.4 Å². The van der Waals surface area contributed by atoms with Crippen molar-refractivity contribution >= 4 is 0 Å². The van der Waals surface area contributed by atoms with Gasteiger partial charge in [-0.25, -0.2) is 0 Å². The van der Waals surface area contributed by atoms with Crippen molar-refractivity contribution in [3.05, 3.63) is 0 Å². The third kappa shape index (κ3) is 5.36. The third-order valence-electron chi connectivity index (χ3n) is 3.98. The molecule has 1 rings (SSSR count). The molecule has 1 aliphatic rings. The molecule has 1 N–H and O–H groups in total. The monoisotopic (exact) mass is 243 g/mol. The summed E-state index contributed by atoms with van der Waals surface area (Å²) in [6.45, 7) is 6.26. The van der Waals surface area contributed by atoms with Crippen LogP contribution in [-0.2, 0) is 9.47 Å². The van der Waals surface area contributed by atoms with Crippen molar-refractivity contribution in [1.29, 1.82) is 0 Å². The smallest absolute Gasteiger partial charge is 0.0928 e. The normalized spacial score (nSPS) is 27.4. The second-order valence-corrected chi connectivity index (χ2v) is 5.59. The van der Waals surface area contributed by atoms with E-state index in [0.717, 1.165) is 18.4 Å². The highest BCUT2D eigenvalue weighted by molar-refractivity contribution is 4.80. The molecule has 1 fully saturated rings. The van der Waals surface area contributed by atoms with Crippen LogP contribution in [-0.4, -0.2) is 39.5 Å². The summed E-state index contributed by atoms with van der Waals surface area (Å²) in [5.74, 6) is 1.71. The van der Waals surface area contributed by atoms with E-state index in [-0.39, 0.29) is 6.10 Å². The average molecular weight is 243 g/mol. The zero-order valence-corrected chi connectivity index (χ0v) is 11.9. The molecule has 1 saturated carbocycles. The molecule has 0 aliphatic heterocycles. The number of hydrogen-bond acceptors (Lipinski definition) is 3. The fourth-order valence-corrected chi connectivity index (χ4v) is 2.71. The summed E-state index contributed by atoms with van der Waals surface area (Å²) < 4.78 is 10.5.